The van der Waals surface area contributed by atoms with Crippen LogP contribution in [-0.2, 0) is 10.3 Å². The van der Waals surface area contributed by atoms with E-state index in [0.29, 0.717) is 0 Å². The first-order valence-corrected chi connectivity index (χ1v) is 5.52. The zero-order chi connectivity index (χ0) is 14.7. The lowest BCUT2D eigenvalue weighted by Crippen LogP contribution is -2.51. The number of aliphatic carboxylic acids is 1. The minimum Gasteiger partial charge on any atom is -0.480 e. The van der Waals surface area contributed by atoms with Crippen LogP contribution in [0.15, 0.2) is 24.3 Å². The van der Waals surface area contributed by atoms with E-state index in [-0.39, 0.29) is 12.0 Å². The second kappa shape index (κ2) is 5.56. The van der Waals surface area contributed by atoms with Crippen LogP contribution in [0, 0.1) is 5.82 Å². The minimum atomic E-state index is -4.53. The molecule has 0 saturated heterocycles. The lowest BCUT2D eigenvalue weighted by Gasteiger charge is -2.30. The van der Waals surface area contributed by atoms with Crippen molar-refractivity contribution in [2.75, 3.05) is 6.54 Å². The van der Waals surface area contributed by atoms with Crippen molar-refractivity contribution in [1.82, 2.24) is 5.32 Å². The molecule has 0 bridgehead atoms. The first-order chi connectivity index (χ1) is 8.71. The lowest BCUT2D eigenvalue weighted by molar-refractivity contribution is -0.151. The van der Waals surface area contributed by atoms with Crippen LogP contribution in [0.3, 0.4) is 0 Å². The topological polar surface area (TPSA) is 49.3 Å². The number of hydrogen-bond donors (Lipinski definition) is 2. The molecule has 0 amide bonds. The number of rotatable bonds is 5. The number of halogens is 4. The van der Waals surface area contributed by atoms with E-state index < -0.39 is 30.0 Å². The molecule has 106 valence electrons. The standard InChI is InChI=1S/C12H13F4NO2/c1-2-11(10(18)19,17-7-12(14,15)16)8-3-5-9(13)6-4-8/h3-6,17H,2,7H2,1H3,(H,18,19). The summed E-state index contributed by atoms with van der Waals surface area (Å²) < 4.78 is 49.6. The van der Waals surface area contributed by atoms with Gasteiger partial charge in [-0.05, 0) is 24.1 Å². The average Bonchev–Trinajstić information content (AvgIpc) is 2.30. The molecule has 1 aromatic carbocycles. The van der Waals surface area contributed by atoms with E-state index >= 15 is 0 Å². The molecule has 0 aliphatic heterocycles. The molecule has 0 aliphatic rings. The molecule has 0 spiro atoms. The summed E-state index contributed by atoms with van der Waals surface area (Å²) in [6, 6.07) is 4.35. The van der Waals surface area contributed by atoms with Crippen LogP contribution in [0.2, 0.25) is 0 Å². The zero-order valence-electron chi connectivity index (χ0n) is 10.1. The molecule has 0 heterocycles. The van der Waals surface area contributed by atoms with Gasteiger partial charge in [-0.25, -0.2) is 9.18 Å². The Hall–Kier alpha value is -1.63. The van der Waals surface area contributed by atoms with Crippen LogP contribution in [0.5, 0.6) is 0 Å². The van der Waals surface area contributed by atoms with Crippen LogP contribution >= 0.6 is 0 Å². The third-order valence-electron chi connectivity index (χ3n) is 2.82. The predicted molar refractivity (Wildman–Crippen MR) is 60.1 cm³/mol. The normalized spacial score (nSPS) is 15.0. The van der Waals surface area contributed by atoms with Crippen molar-refractivity contribution < 1.29 is 27.5 Å². The molecule has 1 unspecified atom stereocenters. The van der Waals surface area contributed by atoms with Gasteiger partial charge in [-0.15, -0.1) is 0 Å². The lowest BCUT2D eigenvalue weighted by atomic mass is 9.87. The van der Waals surface area contributed by atoms with Crippen molar-refractivity contribution in [3.8, 4) is 0 Å². The van der Waals surface area contributed by atoms with E-state index in [1.807, 2.05) is 5.32 Å². The smallest absolute Gasteiger partial charge is 0.401 e. The van der Waals surface area contributed by atoms with E-state index in [4.69, 9.17) is 0 Å². The molecular formula is C12H13F4NO2. The summed E-state index contributed by atoms with van der Waals surface area (Å²) in [5.41, 5.74) is -1.81. The summed E-state index contributed by atoms with van der Waals surface area (Å²) in [7, 11) is 0. The van der Waals surface area contributed by atoms with E-state index in [2.05, 4.69) is 0 Å². The summed E-state index contributed by atoms with van der Waals surface area (Å²) in [4.78, 5) is 11.3. The monoisotopic (exact) mass is 279 g/mol. The van der Waals surface area contributed by atoms with Crippen molar-refractivity contribution in [2.24, 2.45) is 0 Å². The summed E-state index contributed by atoms with van der Waals surface area (Å²) in [5.74, 6) is -2.03. The molecule has 1 aromatic rings. The Morgan fingerprint density at radius 1 is 1.26 bits per heavy atom. The maximum atomic E-state index is 12.8. The Morgan fingerprint density at radius 3 is 2.16 bits per heavy atom. The highest BCUT2D eigenvalue weighted by molar-refractivity contribution is 5.80. The number of alkyl halides is 3. The van der Waals surface area contributed by atoms with Crippen LogP contribution in [0.4, 0.5) is 17.6 Å². The van der Waals surface area contributed by atoms with Crippen molar-refractivity contribution in [3.05, 3.63) is 35.6 Å². The van der Waals surface area contributed by atoms with Gasteiger partial charge in [0.2, 0.25) is 0 Å². The third kappa shape index (κ3) is 3.66. The molecule has 1 rings (SSSR count). The molecule has 0 radical (unpaired) electrons. The molecule has 0 fully saturated rings. The Labute approximate surface area is 107 Å². The molecule has 0 aliphatic carbocycles. The van der Waals surface area contributed by atoms with Gasteiger partial charge in [0.05, 0.1) is 6.54 Å². The molecule has 3 nitrogen and oxygen atoms in total. The van der Waals surface area contributed by atoms with Crippen molar-refractivity contribution in [3.63, 3.8) is 0 Å². The van der Waals surface area contributed by atoms with E-state index in [1.165, 1.54) is 6.92 Å². The number of carbonyl (C=O) groups is 1. The quantitative estimate of drug-likeness (QED) is 0.815. The first kappa shape index (κ1) is 15.4. The highest BCUT2D eigenvalue weighted by Crippen LogP contribution is 2.27. The molecular weight excluding hydrogens is 266 g/mol. The number of nitrogens with one attached hydrogen (secondary N) is 1. The molecule has 0 aromatic heterocycles. The van der Waals surface area contributed by atoms with Gasteiger partial charge in [-0.2, -0.15) is 13.2 Å². The van der Waals surface area contributed by atoms with E-state index in [9.17, 15) is 27.5 Å². The van der Waals surface area contributed by atoms with Crippen molar-refractivity contribution in [2.45, 2.75) is 25.1 Å². The number of carboxylic acid groups (broad SMARTS) is 1. The van der Waals surface area contributed by atoms with Crippen LogP contribution < -0.4 is 5.32 Å². The van der Waals surface area contributed by atoms with E-state index in [0.717, 1.165) is 24.3 Å². The summed E-state index contributed by atoms with van der Waals surface area (Å²) in [6.45, 7) is 0.00533. The van der Waals surface area contributed by atoms with Crippen LogP contribution in [0.25, 0.3) is 0 Å². The SMILES string of the molecule is CCC(NCC(F)(F)F)(C(=O)O)c1ccc(F)cc1. The Bertz CT molecular complexity index is 444. The fourth-order valence-corrected chi connectivity index (χ4v) is 1.77. The Kier molecular flexibility index (Phi) is 4.52. The predicted octanol–water partition coefficient (Wildman–Crippen LogP) is 2.67. The maximum absolute atomic E-state index is 12.8. The van der Waals surface area contributed by atoms with Crippen molar-refractivity contribution in [1.29, 1.82) is 0 Å². The second-order valence-electron chi connectivity index (χ2n) is 4.04. The number of carboxylic acids is 1. The fraction of sp³-hybridized carbons (Fsp3) is 0.417. The molecule has 7 heteroatoms. The van der Waals surface area contributed by atoms with Gasteiger partial charge in [-0.3, -0.25) is 5.32 Å². The summed E-state index contributed by atoms with van der Waals surface area (Å²) in [6.07, 6.45) is -4.64. The van der Waals surface area contributed by atoms with Gasteiger partial charge in [0.25, 0.3) is 0 Å². The minimum absolute atomic E-state index is 0.0770. The average molecular weight is 279 g/mol. The largest absolute Gasteiger partial charge is 0.480 e. The van der Waals surface area contributed by atoms with Crippen LogP contribution in [-0.4, -0.2) is 23.8 Å². The third-order valence-corrected chi connectivity index (χ3v) is 2.82. The number of benzene rings is 1. The van der Waals surface area contributed by atoms with Gasteiger partial charge in [0.15, 0.2) is 0 Å². The molecule has 1 atom stereocenters. The fourth-order valence-electron chi connectivity index (χ4n) is 1.77. The van der Waals surface area contributed by atoms with Gasteiger partial charge < -0.3 is 5.11 Å². The van der Waals surface area contributed by atoms with E-state index in [1.54, 1.807) is 0 Å². The summed E-state index contributed by atoms with van der Waals surface area (Å²) >= 11 is 0. The highest BCUT2D eigenvalue weighted by Gasteiger charge is 2.41. The molecule has 2 N–H and O–H groups in total. The Balaban J connectivity index is 3.12. The maximum Gasteiger partial charge on any atom is 0.401 e. The van der Waals surface area contributed by atoms with Crippen LogP contribution in [0.1, 0.15) is 18.9 Å². The summed E-state index contributed by atoms with van der Waals surface area (Å²) in [5, 5.41) is 11.2. The molecule has 0 saturated carbocycles. The number of hydrogen-bond acceptors (Lipinski definition) is 2. The first-order valence-electron chi connectivity index (χ1n) is 5.52. The van der Waals surface area contributed by atoms with Gasteiger partial charge >= 0.3 is 12.1 Å². The second-order valence-corrected chi connectivity index (χ2v) is 4.04. The van der Waals surface area contributed by atoms with Crippen molar-refractivity contribution >= 4 is 5.97 Å². The Morgan fingerprint density at radius 2 is 1.79 bits per heavy atom. The highest BCUT2D eigenvalue weighted by atomic mass is 19.4. The van der Waals surface area contributed by atoms with Gasteiger partial charge in [-0.1, -0.05) is 19.1 Å². The zero-order valence-corrected chi connectivity index (χ0v) is 10.1. The van der Waals surface area contributed by atoms with Gasteiger partial charge in [0.1, 0.15) is 11.4 Å². The molecule has 19 heavy (non-hydrogen) atoms. The van der Waals surface area contributed by atoms with Gasteiger partial charge in [0, 0.05) is 0 Å².